The highest BCUT2D eigenvalue weighted by Crippen LogP contribution is 2.28. The number of carbonyl (C=O) groups is 1. The number of benzene rings is 2. The molecule has 0 aromatic heterocycles. The summed E-state index contributed by atoms with van der Waals surface area (Å²) in [6.45, 7) is 0.909. The third-order valence-corrected chi connectivity index (χ3v) is 6.31. The maximum Gasteiger partial charge on any atom is 0.416 e. The molecular formula is C19H18F3N3O3S. The van der Waals surface area contributed by atoms with E-state index in [0.29, 0.717) is 18.7 Å². The van der Waals surface area contributed by atoms with Gasteiger partial charge >= 0.3 is 6.18 Å². The lowest BCUT2D eigenvalue weighted by Crippen LogP contribution is -2.28. The molecule has 1 aliphatic rings. The second-order valence-corrected chi connectivity index (χ2v) is 8.40. The molecular weight excluding hydrogens is 407 g/mol. The number of carbonyl (C=O) groups excluding carboxylic acids is 1. The van der Waals surface area contributed by atoms with Crippen molar-refractivity contribution < 1.29 is 26.4 Å². The van der Waals surface area contributed by atoms with Crippen molar-refractivity contribution in [2.75, 3.05) is 13.1 Å². The second-order valence-electron chi connectivity index (χ2n) is 6.46. The second kappa shape index (κ2) is 8.34. The molecule has 2 aromatic rings. The van der Waals surface area contributed by atoms with Crippen molar-refractivity contribution in [2.45, 2.75) is 23.9 Å². The van der Waals surface area contributed by atoms with Crippen LogP contribution >= 0.6 is 0 Å². The van der Waals surface area contributed by atoms with Crippen molar-refractivity contribution in [3.63, 3.8) is 0 Å². The van der Waals surface area contributed by atoms with Crippen LogP contribution in [0.4, 0.5) is 13.2 Å². The lowest BCUT2D eigenvalue weighted by atomic mass is 10.1. The minimum absolute atomic E-state index is 0.0266. The van der Waals surface area contributed by atoms with Gasteiger partial charge in [0.15, 0.2) is 0 Å². The number of nitrogens with one attached hydrogen (secondary N) is 1. The molecule has 154 valence electrons. The van der Waals surface area contributed by atoms with Crippen LogP contribution in [0, 0.1) is 0 Å². The van der Waals surface area contributed by atoms with Crippen LogP contribution < -0.4 is 5.43 Å². The van der Waals surface area contributed by atoms with Crippen LogP contribution in [0.2, 0.25) is 0 Å². The van der Waals surface area contributed by atoms with Crippen molar-refractivity contribution in [1.82, 2.24) is 9.73 Å². The summed E-state index contributed by atoms with van der Waals surface area (Å²) >= 11 is 0. The van der Waals surface area contributed by atoms with Gasteiger partial charge in [0.2, 0.25) is 10.0 Å². The van der Waals surface area contributed by atoms with E-state index >= 15 is 0 Å². The predicted octanol–water partition coefficient (Wildman–Crippen LogP) is 3.25. The molecule has 2 aromatic carbocycles. The van der Waals surface area contributed by atoms with Gasteiger partial charge in [-0.15, -0.1) is 0 Å². The number of hydrazone groups is 1. The summed E-state index contributed by atoms with van der Waals surface area (Å²) in [6.07, 6.45) is -1.62. The van der Waals surface area contributed by atoms with Gasteiger partial charge in [-0.2, -0.15) is 22.6 Å². The summed E-state index contributed by atoms with van der Waals surface area (Å²) in [7, 11) is -3.65. The average Bonchev–Trinajstić information content (AvgIpc) is 3.23. The van der Waals surface area contributed by atoms with Gasteiger partial charge < -0.3 is 0 Å². The topological polar surface area (TPSA) is 78.8 Å². The zero-order valence-electron chi connectivity index (χ0n) is 15.2. The quantitative estimate of drug-likeness (QED) is 0.590. The standard InChI is InChI=1S/C19H18F3N3O3S/c20-19(21,22)16-8-6-14(7-9-16)13-23-24-18(26)15-4-3-5-17(12-15)29(27,28)25-10-1-2-11-25/h3-9,12-13H,1-2,10-11H2,(H,24,26). The zero-order valence-corrected chi connectivity index (χ0v) is 16.0. The van der Waals surface area contributed by atoms with Crippen molar-refractivity contribution in [3.05, 3.63) is 65.2 Å². The normalized spacial score (nSPS) is 15.7. The van der Waals surface area contributed by atoms with Crippen LogP contribution in [0.3, 0.4) is 0 Å². The summed E-state index contributed by atoms with van der Waals surface area (Å²) < 4.78 is 64.2. The highest BCUT2D eigenvalue weighted by atomic mass is 32.2. The van der Waals surface area contributed by atoms with Crippen LogP contribution in [0.25, 0.3) is 0 Å². The van der Waals surface area contributed by atoms with Crippen LogP contribution in [0.1, 0.15) is 34.3 Å². The monoisotopic (exact) mass is 425 g/mol. The molecule has 1 saturated heterocycles. The summed E-state index contributed by atoms with van der Waals surface area (Å²) in [6, 6.07) is 9.89. The Bertz CT molecular complexity index is 1010. The Kier molecular flexibility index (Phi) is 6.04. The number of alkyl halides is 3. The van der Waals surface area contributed by atoms with Gasteiger partial charge in [-0.05, 0) is 48.7 Å². The van der Waals surface area contributed by atoms with Crippen LogP contribution in [-0.2, 0) is 16.2 Å². The van der Waals surface area contributed by atoms with Crippen molar-refractivity contribution >= 4 is 22.1 Å². The Labute approximate surface area is 166 Å². The molecule has 0 aliphatic carbocycles. The van der Waals surface area contributed by atoms with Crippen molar-refractivity contribution in [1.29, 1.82) is 0 Å². The Morgan fingerprint density at radius 3 is 2.34 bits per heavy atom. The van der Waals surface area contributed by atoms with E-state index in [0.717, 1.165) is 25.0 Å². The van der Waals surface area contributed by atoms with E-state index < -0.39 is 27.7 Å². The number of sulfonamides is 1. The molecule has 6 nitrogen and oxygen atoms in total. The summed E-state index contributed by atoms with van der Waals surface area (Å²) in [5.41, 5.74) is 1.93. The van der Waals surface area contributed by atoms with Gasteiger partial charge in [-0.25, -0.2) is 13.8 Å². The Hall–Kier alpha value is -2.72. The molecule has 0 spiro atoms. The lowest BCUT2D eigenvalue weighted by Gasteiger charge is -2.15. The molecule has 29 heavy (non-hydrogen) atoms. The summed E-state index contributed by atoms with van der Waals surface area (Å²) in [5.74, 6) is -0.633. The highest BCUT2D eigenvalue weighted by molar-refractivity contribution is 7.89. The minimum atomic E-state index is -4.43. The van der Waals surface area contributed by atoms with Gasteiger partial charge in [-0.1, -0.05) is 18.2 Å². The predicted molar refractivity (Wildman–Crippen MR) is 101 cm³/mol. The van der Waals surface area contributed by atoms with E-state index in [9.17, 15) is 26.4 Å². The zero-order chi connectivity index (χ0) is 21.1. The minimum Gasteiger partial charge on any atom is -0.267 e. The van der Waals surface area contributed by atoms with E-state index in [4.69, 9.17) is 0 Å². The van der Waals surface area contributed by atoms with Crippen molar-refractivity contribution in [3.8, 4) is 0 Å². The van der Waals surface area contributed by atoms with E-state index in [2.05, 4.69) is 10.5 Å². The smallest absolute Gasteiger partial charge is 0.267 e. The summed E-state index contributed by atoms with van der Waals surface area (Å²) in [4.78, 5) is 12.3. The SMILES string of the molecule is O=C(NN=Cc1ccc(C(F)(F)F)cc1)c1cccc(S(=O)(=O)N2CCCC2)c1. The number of amides is 1. The molecule has 1 fully saturated rings. The third-order valence-electron chi connectivity index (χ3n) is 4.42. The van der Waals surface area contributed by atoms with Gasteiger partial charge in [0.1, 0.15) is 0 Å². The first-order valence-corrected chi connectivity index (χ1v) is 10.2. The Balaban J connectivity index is 1.67. The highest BCUT2D eigenvalue weighted by Gasteiger charge is 2.30. The molecule has 1 N–H and O–H groups in total. The first-order chi connectivity index (χ1) is 13.7. The number of rotatable bonds is 5. The summed E-state index contributed by atoms with van der Waals surface area (Å²) in [5, 5.41) is 3.71. The fraction of sp³-hybridized carbons (Fsp3) is 0.263. The van der Waals surface area contributed by atoms with E-state index in [1.54, 1.807) is 0 Å². The van der Waals surface area contributed by atoms with Gasteiger partial charge in [0, 0.05) is 18.7 Å². The van der Waals surface area contributed by atoms with Gasteiger partial charge in [0.25, 0.3) is 5.91 Å². The molecule has 10 heteroatoms. The number of hydrogen-bond donors (Lipinski definition) is 1. The van der Waals surface area contributed by atoms with Crippen LogP contribution in [-0.4, -0.2) is 37.9 Å². The molecule has 3 rings (SSSR count). The van der Waals surface area contributed by atoms with Gasteiger partial charge in [-0.3, -0.25) is 4.79 Å². The van der Waals surface area contributed by atoms with Crippen LogP contribution in [0.5, 0.6) is 0 Å². The number of hydrogen-bond acceptors (Lipinski definition) is 4. The molecule has 0 atom stereocenters. The average molecular weight is 425 g/mol. The molecule has 0 saturated carbocycles. The molecule has 1 amide bonds. The third kappa shape index (κ3) is 5.01. The number of halogens is 3. The largest absolute Gasteiger partial charge is 0.416 e. The van der Waals surface area contributed by atoms with E-state index in [1.165, 1.54) is 46.9 Å². The molecule has 0 bridgehead atoms. The maximum absolute atomic E-state index is 12.6. The lowest BCUT2D eigenvalue weighted by molar-refractivity contribution is -0.137. The fourth-order valence-corrected chi connectivity index (χ4v) is 4.43. The molecule has 1 aliphatic heterocycles. The first kappa shape index (κ1) is 21.0. The molecule has 0 unspecified atom stereocenters. The van der Waals surface area contributed by atoms with Crippen LogP contribution in [0.15, 0.2) is 58.5 Å². The molecule has 0 radical (unpaired) electrons. The number of nitrogens with zero attached hydrogens (tertiary/aromatic N) is 2. The molecule has 1 heterocycles. The van der Waals surface area contributed by atoms with E-state index in [1.807, 2.05) is 0 Å². The van der Waals surface area contributed by atoms with E-state index in [-0.39, 0.29) is 10.5 Å². The Morgan fingerprint density at radius 1 is 1.07 bits per heavy atom. The maximum atomic E-state index is 12.6. The first-order valence-electron chi connectivity index (χ1n) is 8.79. The Morgan fingerprint density at radius 2 is 1.72 bits per heavy atom. The fourth-order valence-electron chi connectivity index (χ4n) is 2.86. The van der Waals surface area contributed by atoms with Crippen molar-refractivity contribution in [2.24, 2.45) is 5.10 Å². The van der Waals surface area contributed by atoms with Gasteiger partial charge in [0.05, 0.1) is 16.7 Å².